The predicted octanol–water partition coefficient (Wildman–Crippen LogP) is 5.36. The van der Waals surface area contributed by atoms with E-state index in [1.807, 2.05) is 0 Å². The number of pyridine rings is 1. The number of hydrogen-bond donors (Lipinski definition) is 10. The second-order valence-electron chi connectivity index (χ2n) is 28.1. The van der Waals surface area contributed by atoms with Gasteiger partial charge in [0, 0.05) is 125 Å². The minimum absolute atomic E-state index is 0.00529. The number of phenols is 2. The van der Waals surface area contributed by atoms with E-state index in [0.717, 1.165) is 25.7 Å². The first-order valence-corrected chi connectivity index (χ1v) is 39.0. The highest BCUT2D eigenvalue weighted by molar-refractivity contribution is 7.72. The summed E-state index contributed by atoms with van der Waals surface area (Å²) in [6.07, 6.45) is -1.78. The molecule has 38 heteroatoms. The van der Waals surface area contributed by atoms with Gasteiger partial charge in [0.2, 0.25) is 19.5 Å². The molecule has 36 nitrogen and oxygen atoms in total. The first-order chi connectivity index (χ1) is 51.5. The van der Waals surface area contributed by atoms with Crippen molar-refractivity contribution >= 4 is 91.3 Å². The first-order valence-electron chi connectivity index (χ1n) is 35.8. The fraction of sp³-hybridized carbons (Fsp3) is 0.569. The van der Waals surface area contributed by atoms with E-state index in [4.69, 9.17) is 52.6 Å². The van der Waals surface area contributed by atoms with Gasteiger partial charge in [-0.3, -0.25) is 62.5 Å². The molecule has 0 aliphatic carbocycles. The van der Waals surface area contributed by atoms with Crippen LogP contribution in [0.25, 0.3) is 10.8 Å². The third kappa shape index (κ3) is 21.0. The lowest BCUT2D eigenvalue weighted by Gasteiger charge is -2.39. The molecule has 1 spiro atoms. The number of amides is 4. The molecule has 0 radical (unpaired) electrons. The van der Waals surface area contributed by atoms with Gasteiger partial charge in [0.05, 0.1) is 35.1 Å². The number of alkyl carbamates (subject to hydrolysis) is 2. The summed E-state index contributed by atoms with van der Waals surface area (Å²) in [4.78, 5) is 196. The van der Waals surface area contributed by atoms with Gasteiger partial charge in [-0.15, -0.1) is 0 Å². The van der Waals surface area contributed by atoms with Gasteiger partial charge in [0.25, 0.3) is 11.7 Å². The Morgan fingerprint density at radius 3 is 2.00 bits per heavy atom. The number of aliphatic hydroxyl groups excluding tert-OH is 1. The smallest absolute Gasteiger partial charge is 0.410 e. The summed E-state index contributed by atoms with van der Waals surface area (Å²) in [5, 5.41) is 40.4. The number of ether oxygens (including phenoxy) is 9. The fourth-order valence-electron chi connectivity index (χ4n) is 13.2. The molecule has 604 valence electrons. The Morgan fingerprint density at radius 1 is 0.791 bits per heavy atom. The van der Waals surface area contributed by atoms with E-state index in [1.165, 1.54) is 78.2 Å². The predicted molar refractivity (Wildman–Crippen MR) is 387 cm³/mol. The van der Waals surface area contributed by atoms with Gasteiger partial charge in [-0.2, -0.15) is 0 Å². The Balaban J connectivity index is 1.30. The number of allylic oxidation sites excluding steroid dienone is 3. The first kappa shape index (κ1) is 87.8. The second kappa shape index (κ2) is 37.1. The van der Waals surface area contributed by atoms with Crippen LogP contribution in [0.15, 0.2) is 70.5 Å². The van der Waals surface area contributed by atoms with E-state index in [1.54, 1.807) is 33.8 Å². The number of likely N-dealkylation sites (tertiary alicyclic amines) is 1. The van der Waals surface area contributed by atoms with Crippen molar-refractivity contribution in [2.24, 2.45) is 45.5 Å². The lowest BCUT2D eigenvalue weighted by Crippen LogP contribution is -2.53. The third-order valence-corrected chi connectivity index (χ3v) is 23.4. The van der Waals surface area contributed by atoms with E-state index < -0.39 is 209 Å². The van der Waals surface area contributed by atoms with Crippen molar-refractivity contribution < 1.29 is 135 Å². The van der Waals surface area contributed by atoms with Crippen molar-refractivity contribution in [3.63, 3.8) is 0 Å². The van der Waals surface area contributed by atoms with Gasteiger partial charge in [-0.05, 0) is 56.2 Å². The summed E-state index contributed by atoms with van der Waals surface area (Å²) < 4.78 is 75.5. The lowest BCUT2D eigenvalue weighted by molar-refractivity contribution is -0.166. The molecule has 5 bridgehead atoms. The highest BCUT2D eigenvalue weighted by atomic mass is 31.2. The summed E-state index contributed by atoms with van der Waals surface area (Å²) in [5.74, 6) is -15.8. The Morgan fingerprint density at radius 2 is 1.41 bits per heavy atom. The Kier molecular flexibility index (Phi) is 29.6. The summed E-state index contributed by atoms with van der Waals surface area (Å²) in [6.45, 7) is 18.1. The number of ketones is 1. The van der Waals surface area contributed by atoms with E-state index in [2.05, 4.69) is 39.7 Å². The molecular formula is C72H98N8O28P2. The van der Waals surface area contributed by atoms with Crippen molar-refractivity contribution in [2.45, 2.75) is 176 Å². The molecule has 0 saturated carbocycles. The van der Waals surface area contributed by atoms with Gasteiger partial charge in [0.1, 0.15) is 47.3 Å². The molecule has 1 aromatic heterocycles. The van der Waals surface area contributed by atoms with Crippen LogP contribution in [0.2, 0.25) is 0 Å². The molecule has 110 heavy (non-hydrogen) atoms. The van der Waals surface area contributed by atoms with Gasteiger partial charge >= 0.3 is 68.1 Å². The number of phenolic OH excluding ortho intramolecular Hbond substituents is 2. The number of carbonyl (C=O) groups excluding carboxylic acids is 10. The number of benzene rings is 2. The highest BCUT2D eigenvalue weighted by Crippen LogP contribution is 2.71. The third-order valence-electron chi connectivity index (χ3n) is 19.5. The second-order valence-corrected chi connectivity index (χ2v) is 32.1. The van der Waals surface area contributed by atoms with Crippen molar-refractivity contribution in [1.82, 2.24) is 25.4 Å². The minimum atomic E-state index is -6.21. The van der Waals surface area contributed by atoms with Gasteiger partial charge in [0.15, 0.2) is 11.4 Å². The minimum Gasteiger partial charge on any atom is -0.507 e. The molecule has 8 rings (SSSR count). The molecule has 5 aliphatic rings. The lowest BCUT2D eigenvalue weighted by atomic mass is 9.77. The average Bonchev–Trinajstić information content (AvgIpc) is 1.55. The zero-order chi connectivity index (χ0) is 81.7. The number of anilines is 1. The summed E-state index contributed by atoms with van der Waals surface area (Å²) >= 11 is 0. The molecule has 3 aromatic rings. The molecule has 1 fully saturated rings. The quantitative estimate of drug-likeness (QED) is 0.0168. The number of esters is 5. The van der Waals surface area contributed by atoms with E-state index >= 15 is 9.59 Å². The van der Waals surface area contributed by atoms with Crippen LogP contribution < -0.4 is 31.4 Å². The molecule has 4 amide bonds. The Bertz CT molecular complexity index is 4280. The number of rotatable bonds is 25. The topological polar surface area (TPSA) is 510 Å². The van der Waals surface area contributed by atoms with Crippen molar-refractivity contribution in [3.8, 4) is 17.2 Å². The van der Waals surface area contributed by atoms with Gasteiger partial charge in [-0.1, -0.05) is 86.6 Å². The standard InChI is InChI=1S/C72H98N8O28P2/c1-14-49(82)100-36-102-68(92)74-28-31-80(67(91)48(75-69(93)103-37-101-50(83)15-2)22-23-51(84)107-72(109(94,95)96,110(97,98)99)33-47-21-16-17-27-73-47)35-52(85)106-62-40(6)19-18-20-41(7)66(90)76-58-57-56(77-71(78-57)25-29-79(30-26-71)34-38(3)4)53-54(61(58)88)60(87)45(11)64-55(53)65(89)70(13,108-64)104-32-24-39(5)42(8)63(105-46(12)81)44(10)59(86)43(62)9/h16-21,24,27,32,38-40,42-44,48,59,62-63,86-88H,14-15,22-23,25-26,28-31,33-37H2,1-13H3,(H,74,92)(H,75,93)(H,76,90)(H2,94,95,96)(H2,97,98,99)/b19-18+,32-24+,41-20-/t39-,40-,42+,43-,44+,48?,59+,62-,63+,70-/m0/s1. The average molecular weight is 1590 g/mol. The number of aromatic nitrogens is 1. The number of hydrogen-bond acceptors (Lipinski definition) is 28. The molecule has 1 saturated heterocycles. The van der Waals surface area contributed by atoms with Crippen molar-refractivity contribution in [2.75, 3.05) is 58.2 Å². The van der Waals surface area contributed by atoms with E-state index in [-0.39, 0.29) is 68.2 Å². The summed E-state index contributed by atoms with van der Waals surface area (Å²) in [6, 6.07) is 1.68. The number of Topliss-reactive ketones (excluding diaryl/α,β-unsaturated/α-hetero) is 1. The maximum Gasteiger partial charge on any atom is 0.410 e. The molecule has 5 aliphatic heterocycles. The van der Waals surface area contributed by atoms with Crippen LogP contribution in [0.1, 0.15) is 143 Å². The van der Waals surface area contributed by atoms with Gasteiger partial charge < -0.3 is 103 Å². The van der Waals surface area contributed by atoms with Crippen LogP contribution in [0.3, 0.4) is 0 Å². The number of carbonyl (C=O) groups is 10. The van der Waals surface area contributed by atoms with E-state index in [9.17, 15) is 82.4 Å². The van der Waals surface area contributed by atoms with Crippen LogP contribution in [0, 0.1) is 42.4 Å². The van der Waals surface area contributed by atoms with Crippen LogP contribution in [-0.4, -0.2) is 203 Å². The number of aliphatic hydroxyl groups is 1. The van der Waals surface area contributed by atoms with Crippen molar-refractivity contribution in [3.05, 3.63) is 88.1 Å². The zero-order valence-corrected chi connectivity index (χ0v) is 65.2. The highest BCUT2D eigenvalue weighted by Gasteiger charge is 2.64. The largest absolute Gasteiger partial charge is 0.507 e. The summed E-state index contributed by atoms with van der Waals surface area (Å²) in [7, 11) is -12.4. The van der Waals surface area contributed by atoms with Crippen LogP contribution >= 0.6 is 15.2 Å². The van der Waals surface area contributed by atoms with E-state index in [0.29, 0.717) is 36.7 Å². The molecule has 2 aromatic carbocycles. The maximum atomic E-state index is 15.1. The maximum absolute atomic E-state index is 15.1. The summed E-state index contributed by atoms with van der Waals surface area (Å²) in [5.41, 5.74) is -1.75. The monoisotopic (exact) mass is 1580 g/mol. The number of fused-ring (bicyclic) bond motifs is 13. The molecular weight excluding hydrogens is 1490 g/mol. The normalized spacial score (nSPS) is 23.6. The molecule has 1 unspecified atom stereocenters. The molecule has 6 heterocycles. The Hall–Kier alpha value is -9.41. The SMILES string of the molecule is CCC(=O)OCOC(=O)NCCN(CC(=O)O[C@@H]1[C@@H](C)[C@@H](O)[C@@H](C)[C@H](OC(C)=O)[C@H](C)[C@@H](C)/C=C/O[C@@]2(C)Oc3c(C)c(O)c4c(O)c(c5c(c4c3C2=O)=NC2(CCN(CC(C)C)CC2)N=5)NC(=O)/C(C)=C\C=C\[C@@H]1C)C(=O)C(CCC(=O)OC(Cc1ccccn1)(P(=O)(O)O)P(=O)(O)O)NC(=O)OCOC(=O)CC. The van der Waals surface area contributed by atoms with Gasteiger partial charge in [-0.25, -0.2) is 9.59 Å². The van der Waals surface area contributed by atoms with Crippen molar-refractivity contribution in [1.29, 1.82) is 0 Å². The number of piperidine rings is 1. The number of aromatic hydroxyl groups is 2. The number of nitrogens with one attached hydrogen (secondary N) is 3. The zero-order valence-electron chi connectivity index (χ0n) is 63.4. The van der Waals surface area contributed by atoms with Crippen LogP contribution in [-0.2, 0) is 87.0 Å². The Labute approximate surface area is 633 Å². The molecule has 10 atom stereocenters. The number of nitrogens with zero attached hydrogens (tertiary/aromatic N) is 5. The molecule has 10 N–H and O–H groups in total. The fourth-order valence-corrected chi connectivity index (χ4v) is 15.7. The van der Waals surface area contributed by atoms with Crippen LogP contribution in [0.4, 0.5) is 15.3 Å². The van der Waals surface area contributed by atoms with Crippen LogP contribution in [0.5, 0.6) is 17.2 Å².